The fraction of sp³-hybridized carbons (Fsp3) is 0.917. The Morgan fingerprint density at radius 2 is 1.93 bits per heavy atom. The molecule has 0 aromatic heterocycles. The second kappa shape index (κ2) is 9.97. The fourth-order valence-electron chi connectivity index (χ4n) is 1.61. The number of carbonyl (C=O) groups is 1. The van der Waals surface area contributed by atoms with E-state index in [-0.39, 0.29) is 18.5 Å². The molecule has 0 heterocycles. The Hall–Kier alpha value is -0.570. The van der Waals surface area contributed by atoms with Gasteiger partial charge < -0.3 is 9.84 Å². The van der Waals surface area contributed by atoms with Gasteiger partial charge in [-0.05, 0) is 19.8 Å². The van der Waals surface area contributed by atoms with Crippen LogP contribution in [0.3, 0.4) is 0 Å². The second-order valence-corrected chi connectivity index (χ2v) is 3.81. The monoisotopic (exact) mass is 216 g/mol. The van der Waals surface area contributed by atoms with Gasteiger partial charge in [-0.25, -0.2) is 0 Å². The lowest BCUT2D eigenvalue weighted by Crippen LogP contribution is -2.19. The number of esters is 1. The van der Waals surface area contributed by atoms with Crippen LogP contribution in [0.25, 0.3) is 0 Å². The molecule has 0 saturated carbocycles. The highest BCUT2D eigenvalue weighted by Gasteiger charge is 2.18. The van der Waals surface area contributed by atoms with Crippen LogP contribution in [-0.2, 0) is 9.53 Å². The van der Waals surface area contributed by atoms with Crippen LogP contribution in [0.2, 0.25) is 0 Å². The summed E-state index contributed by atoms with van der Waals surface area (Å²) in [6.45, 7) is 4.47. The van der Waals surface area contributed by atoms with Crippen LogP contribution in [0, 0.1) is 5.92 Å². The van der Waals surface area contributed by atoms with Crippen molar-refractivity contribution in [3.05, 3.63) is 0 Å². The maximum Gasteiger partial charge on any atom is 0.309 e. The van der Waals surface area contributed by atoms with E-state index in [9.17, 15) is 4.79 Å². The number of aliphatic hydroxyl groups is 1. The van der Waals surface area contributed by atoms with Crippen LogP contribution in [0.4, 0.5) is 0 Å². The van der Waals surface area contributed by atoms with Gasteiger partial charge in [0.25, 0.3) is 0 Å². The third-order valence-electron chi connectivity index (χ3n) is 2.50. The molecular weight excluding hydrogens is 192 g/mol. The van der Waals surface area contributed by atoms with E-state index < -0.39 is 0 Å². The third kappa shape index (κ3) is 7.37. The minimum atomic E-state index is -0.150. The summed E-state index contributed by atoms with van der Waals surface area (Å²) in [5.41, 5.74) is 0. The number of aliphatic hydroxyl groups excluding tert-OH is 1. The average Bonchev–Trinajstić information content (AvgIpc) is 2.23. The van der Waals surface area contributed by atoms with Crippen molar-refractivity contribution in [2.75, 3.05) is 13.2 Å². The molecule has 0 spiro atoms. The van der Waals surface area contributed by atoms with E-state index in [1.54, 1.807) is 0 Å². The predicted molar refractivity (Wildman–Crippen MR) is 60.6 cm³/mol. The minimum Gasteiger partial charge on any atom is -0.466 e. The van der Waals surface area contributed by atoms with Crippen molar-refractivity contribution in [1.29, 1.82) is 0 Å². The normalized spacial score (nSPS) is 12.5. The van der Waals surface area contributed by atoms with E-state index in [1.165, 1.54) is 12.8 Å². The molecule has 0 aliphatic heterocycles. The number of rotatable bonds is 9. The summed E-state index contributed by atoms with van der Waals surface area (Å²) >= 11 is 0. The first kappa shape index (κ1) is 14.4. The smallest absolute Gasteiger partial charge is 0.309 e. The Bertz CT molecular complexity index is 157. The van der Waals surface area contributed by atoms with Crippen LogP contribution in [-0.4, -0.2) is 24.3 Å². The Morgan fingerprint density at radius 3 is 2.47 bits per heavy atom. The molecule has 0 rings (SSSR count). The third-order valence-corrected chi connectivity index (χ3v) is 2.50. The molecule has 0 amide bonds. The van der Waals surface area contributed by atoms with Crippen LogP contribution >= 0.6 is 0 Å². The molecule has 0 aromatic carbocycles. The topological polar surface area (TPSA) is 46.5 Å². The Kier molecular flexibility index (Phi) is 9.59. The standard InChI is InChI=1S/C12H24O3/c1-3-5-6-7-8-11(9-10-13)12(14)15-4-2/h11,13H,3-10H2,1-2H3. The number of hydrogen-bond donors (Lipinski definition) is 1. The number of unbranched alkanes of at least 4 members (excludes halogenated alkanes) is 3. The molecule has 1 atom stereocenters. The molecule has 15 heavy (non-hydrogen) atoms. The zero-order valence-corrected chi connectivity index (χ0v) is 10.00. The summed E-state index contributed by atoms with van der Waals surface area (Å²) in [4.78, 5) is 11.5. The van der Waals surface area contributed by atoms with Crippen molar-refractivity contribution in [3.63, 3.8) is 0 Å². The van der Waals surface area contributed by atoms with Crippen LogP contribution in [0.5, 0.6) is 0 Å². The van der Waals surface area contributed by atoms with E-state index >= 15 is 0 Å². The molecular formula is C12H24O3. The maximum atomic E-state index is 11.5. The van der Waals surface area contributed by atoms with Crippen molar-refractivity contribution in [1.82, 2.24) is 0 Å². The van der Waals surface area contributed by atoms with Gasteiger partial charge in [0.1, 0.15) is 0 Å². The summed E-state index contributed by atoms with van der Waals surface area (Å²) in [6, 6.07) is 0. The van der Waals surface area contributed by atoms with Crippen molar-refractivity contribution < 1.29 is 14.6 Å². The summed E-state index contributed by atoms with van der Waals surface area (Å²) in [5.74, 6) is -0.255. The second-order valence-electron chi connectivity index (χ2n) is 3.81. The summed E-state index contributed by atoms with van der Waals surface area (Å²) in [6.07, 6.45) is 6.01. The quantitative estimate of drug-likeness (QED) is 0.476. The van der Waals surface area contributed by atoms with Gasteiger partial charge in [0.05, 0.1) is 12.5 Å². The maximum absolute atomic E-state index is 11.5. The van der Waals surface area contributed by atoms with Crippen molar-refractivity contribution in [2.24, 2.45) is 5.92 Å². The molecule has 0 aliphatic rings. The molecule has 0 bridgehead atoms. The van der Waals surface area contributed by atoms with Gasteiger partial charge in [0.15, 0.2) is 0 Å². The zero-order chi connectivity index (χ0) is 11.5. The summed E-state index contributed by atoms with van der Waals surface area (Å²) < 4.78 is 4.96. The molecule has 0 fully saturated rings. The van der Waals surface area contributed by atoms with Crippen molar-refractivity contribution in [2.45, 2.75) is 52.4 Å². The van der Waals surface area contributed by atoms with E-state index in [0.29, 0.717) is 13.0 Å². The number of carbonyl (C=O) groups excluding carboxylic acids is 1. The first-order valence-electron chi connectivity index (χ1n) is 6.03. The lowest BCUT2D eigenvalue weighted by atomic mass is 9.98. The molecule has 0 aliphatic carbocycles. The summed E-state index contributed by atoms with van der Waals surface area (Å²) in [7, 11) is 0. The van der Waals surface area contributed by atoms with E-state index in [1.807, 2.05) is 6.92 Å². The number of ether oxygens (including phenoxy) is 1. The minimum absolute atomic E-state index is 0.0667. The van der Waals surface area contributed by atoms with Crippen LogP contribution in [0.1, 0.15) is 52.4 Å². The van der Waals surface area contributed by atoms with Gasteiger partial charge in [0, 0.05) is 6.61 Å². The van der Waals surface area contributed by atoms with Gasteiger partial charge >= 0.3 is 5.97 Å². The zero-order valence-electron chi connectivity index (χ0n) is 10.00. The lowest BCUT2D eigenvalue weighted by molar-refractivity contribution is -0.148. The highest BCUT2D eigenvalue weighted by atomic mass is 16.5. The number of hydrogen-bond acceptors (Lipinski definition) is 3. The highest BCUT2D eigenvalue weighted by molar-refractivity contribution is 5.72. The SMILES string of the molecule is CCCCCCC(CCO)C(=O)OCC. The van der Waals surface area contributed by atoms with Gasteiger partial charge in [-0.1, -0.05) is 32.6 Å². The first-order valence-corrected chi connectivity index (χ1v) is 6.03. The van der Waals surface area contributed by atoms with E-state index in [2.05, 4.69) is 6.92 Å². The molecule has 0 radical (unpaired) electrons. The highest BCUT2D eigenvalue weighted by Crippen LogP contribution is 2.15. The molecule has 3 heteroatoms. The van der Waals surface area contributed by atoms with Crippen molar-refractivity contribution in [3.8, 4) is 0 Å². The predicted octanol–water partition coefficient (Wildman–Crippen LogP) is 2.52. The average molecular weight is 216 g/mol. The Balaban J connectivity index is 3.76. The Morgan fingerprint density at radius 1 is 1.20 bits per heavy atom. The van der Waals surface area contributed by atoms with Gasteiger partial charge in [0.2, 0.25) is 0 Å². The lowest BCUT2D eigenvalue weighted by Gasteiger charge is -2.13. The van der Waals surface area contributed by atoms with Gasteiger partial charge in [-0.2, -0.15) is 0 Å². The summed E-state index contributed by atoms with van der Waals surface area (Å²) in [5, 5.41) is 8.85. The molecule has 0 aromatic rings. The van der Waals surface area contributed by atoms with E-state index in [0.717, 1.165) is 19.3 Å². The Labute approximate surface area is 92.8 Å². The molecule has 1 N–H and O–H groups in total. The first-order chi connectivity index (χ1) is 7.26. The molecule has 90 valence electrons. The van der Waals surface area contributed by atoms with E-state index in [4.69, 9.17) is 9.84 Å². The van der Waals surface area contributed by atoms with Gasteiger partial charge in [-0.15, -0.1) is 0 Å². The van der Waals surface area contributed by atoms with Crippen LogP contribution < -0.4 is 0 Å². The van der Waals surface area contributed by atoms with Gasteiger partial charge in [-0.3, -0.25) is 4.79 Å². The molecule has 3 nitrogen and oxygen atoms in total. The van der Waals surface area contributed by atoms with Crippen molar-refractivity contribution >= 4 is 5.97 Å². The van der Waals surface area contributed by atoms with Crippen LogP contribution in [0.15, 0.2) is 0 Å². The fourth-order valence-corrected chi connectivity index (χ4v) is 1.61. The largest absolute Gasteiger partial charge is 0.466 e. The molecule has 0 saturated heterocycles. The molecule has 1 unspecified atom stereocenters.